The molecule has 0 saturated carbocycles. The molecule has 0 spiro atoms. The molecular formula is C78H90O24. The summed E-state index contributed by atoms with van der Waals surface area (Å²) in [5, 5.41) is 0. The summed E-state index contributed by atoms with van der Waals surface area (Å²) in [5.74, 6) is -10.6. The highest BCUT2D eigenvalue weighted by Crippen LogP contribution is 2.58. The number of carbonyl (C=O) groups is 12. The van der Waals surface area contributed by atoms with Crippen LogP contribution in [0.2, 0.25) is 0 Å². The SMILES string of the molecule is CCOC(=O)C1(C(=O)OCC)Cc2cc3c(c(-c4cc(-c5c6c(cc7c5CC(C(=O)OCC)(C(=O)OCC)C7)CC(C(=O)OCC)(C(=O)OCC)C6)cc(-c5c6c(cc7c5CC(C(=O)OCC)(C(=O)OCC)C7)CC(C(=O)OCC)(C(=O)OCC)C6)c4)c2C1)CC(C(=O)OCC)(C(=O)OCC)C3. The number of ether oxygens (including phenoxy) is 12. The Morgan fingerprint density at radius 1 is 0.206 bits per heavy atom. The van der Waals surface area contributed by atoms with Crippen molar-refractivity contribution in [2.75, 3.05) is 79.3 Å². The molecule has 102 heavy (non-hydrogen) atoms. The molecule has 6 aliphatic carbocycles. The molecule has 0 unspecified atom stereocenters. The zero-order valence-corrected chi connectivity index (χ0v) is 60.2. The fourth-order valence-corrected chi connectivity index (χ4v) is 16.5. The van der Waals surface area contributed by atoms with Crippen molar-refractivity contribution in [1.29, 1.82) is 0 Å². The number of esters is 12. The molecule has 546 valence electrons. The largest absolute Gasteiger partial charge is 0.465 e. The second kappa shape index (κ2) is 29.8. The van der Waals surface area contributed by atoms with Gasteiger partial charge in [0, 0.05) is 38.5 Å². The number of carbonyl (C=O) groups excluding carboxylic acids is 12. The highest BCUT2D eigenvalue weighted by atomic mass is 16.6. The Morgan fingerprint density at radius 2 is 0.324 bits per heavy atom. The summed E-state index contributed by atoms with van der Waals surface area (Å²) in [7, 11) is 0. The molecule has 0 aromatic heterocycles. The van der Waals surface area contributed by atoms with Crippen molar-refractivity contribution >= 4 is 71.6 Å². The van der Waals surface area contributed by atoms with E-state index in [9.17, 15) is 57.5 Å². The van der Waals surface area contributed by atoms with Crippen LogP contribution < -0.4 is 0 Å². The summed E-state index contributed by atoms with van der Waals surface area (Å²) in [4.78, 5) is 178. The summed E-state index contributed by atoms with van der Waals surface area (Å²) >= 11 is 0. The number of rotatable bonds is 27. The van der Waals surface area contributed by atoms with E-state index in [1.807, 2.05) is 0 Å². The van der Waals surface area contributed by atoms with Crippen LogP contribution in [0.15, 0.2) is 36.4 Å². The van der Waals surface area contributed by atoms with Gasteiger partial charge in [0.05, 0.1) is 79.3 Å². The molecule has 0 bridgehead atoms. The van der Waals surface area contributed by atoms with E-state index in [1.165, 1.54) is 0 Å². The quantitative estimate of drug-likeness (QED) is 0.0310. The standard InChI is InChI=1S/C78H90O24/c1-13-91-61(79)73(62(80)92-14-2)31-46-28-47-32-74(63(81)93-15-3,64(82)94-16-4)38-53(47)58(52(46)37-73)43-25-44(59-54-39-75(65(83)95-17-5,66(84)96-18-6)33-48(54)29-49-34-76(40-55(49)59,67(85)97-19-7)68(86)98-20-8)27-45(26-43)60-56-41-77(69(87)99-21-9,70(88)100-22-10)35-50(56)30-51-36-78(42-57(51)60,71(89)101-23-11)72(90)102-24-12/h25-30H,13-24,31-42H2,1-12H3. The van der Waals surface area contributed by atoms with E-state index >= 15 is 0 Å². The predicted molar refractivity (Wildman–Crippen MR) is 361 cm³/mol. The van der Waals surface area contributed by atoms with Crippen molar-refractivity contribution in [1.82, 2.24) is 0 Å². The van der Waals surface area contributed by atoms with Crippen molar-refractivity contribution in [3.63, 3.8) is 0 Å². The molecule has 0 radical (unpaired) electrons. The molecule has 0 amide bonds. The Morgan fingerprint density at radius 3 is 0.431 bits per heavy atom. The third kappa shape index (κ3) is 12.3. The molecule has 24 nitrogen and oxygen atoms in total. The van der Waals surface area contributed by atoms with Gasteiger partial charge in [0.25, 0.3) is 0 Å². The number of hydrogen-bond acceptors (Lipinski definition) is 24. The van der Waals surface area contributed by atoms with Crippen LogP contribution in [0.4, 0.5) is 0 Å². The summed E-state index contributed by atoms with van der Waals surface area (Å²) < 4.78 is 69.0. The third-order valence-electron chi connectivity index (χ3n) is 20.8. The molecular weight excluding hydrogens is 1320 g/mol. The van der Waals surface area contributed by atoms with Crippen LogP contribution in [-0.2, 0) is 191 Å². The van der Waals surface area contributed by atoms with Gasteiger partial charge in [-0.15, -0.1) is 0 Å². The summed E-state index contributed by atoms with van der Waals surface area (Å²) in [6.07, 6.45) is -3.80. The normalized spacial score (nSPS) is 17.2. The van der Waals surface area contributed by atoms with E-state index in [2.05, 4.69) is 0 Å². The topological polar surface area (TPSA) is 316 Å². The maximum atomic E-state index is 14.8. The minimum Gasteiger partial charge on any atom is -0.465 e. The first-order valence-electron chi connectivity index (χ1n) is 35.5. The molecule has 4 aromatic carbocycles. The minimum absolute atomic E-state index is 0.118. The summed E-state index contributed by atoms with van der Waals surface area (Å²) in [6.45, 7) is 17.8. The maximum Gasteiger partial charge on any atom is 0.324 e. The minimum atomic E-state index is -2.00. The van der Waals surface area contributed by atoms with Gasteiger partial charge in [-0.2, -0.15) is 0 Å². The Kier molecular flexibility index (Phi) is 22.0. The predicted octanol–water partition coefficient (Wildman–Crippen LogP) is 7.95. The van der Waals surface area contributed by atoms with E-state index in [-0.39, 0.29) is 173 Å². The average Bonchev–Trinajstić information content (AvgIpc) is 1.56. The average molecular weight is 1410 g/mol. The molecule has 0 atom stereocenters. The monoisotopic (exact) mass is 1410 g/mol. The van der Waals surface area contributed by atoms with E-state index in [0.717, 1.165) is 0 Å². The van der Waals surface area contributed by atoms with Gasteiger partial charge in [-0.3, -0.25) is 57.5 Å². The van der Waals surface area contributed by atoms with Gasteiger partial charge in [-0.1, -0.05) is 18.2 Å². The smallest absolute Gasteiger partial charge is 0.324 e. The molecule has 6 aliphatic rings. The second-order valence-corrected chi connectivity index (χ2v) is 26.6. The van der Waals surface area contributed by atoms with Crippen LogP contribution in [0.5, 0.6) is 0 Å². The lowest BCUT2D eigenvalue weighted by Crippen LogP contribution is -2.43. The zero-order valence-electron chi connectivity index (χ0n) is 60.2. The van der Waals surface area contributed by atoms with Crippen molar-refractivity contribution in [3.8, 4) is 33.4 Å². The van der Waals surface area contributed by atoms with E-state index in [0.29, 0.717) is 83.5 Å². The second-order valence-electron chi connectivity index (χ2n) is 26.6. The van der Waals surface area contributed by atoms with Gasteiger partial charge in [0.15, 0.2) is 32.5 Å². The van der Waals surface area contributed by atoms with Gasteiger partial charge in [-0.05, 0) is 240 Å². The lowest BCUT2D eigenvalue weighted by molar-refractivity contribution is -0.173. The molecule has 10 rings (SSSR count). The number of hydrogen-bond donors (Lipinski definition) is 0. The molecule has 0 heterocycles. The van der Waals surface area contributed by atoms with Crippen LogP contribution in [0.1, 0.15) is 150 Å². The molecule has 0 fully saturated rings. The first-order chi connectivity index (χ1) is 48.8. The van der Waals surface area contributed by atoms with Crippen molar-refractivity contribution in [3.05, 3.63) is 103 Å². The summed E-state index contributed by atoms with van der Waals surface area (Å²) in [6, 6.07) is 10.6. The fraction of sp³-hybridized carbons (Fsp3) is 0.538. The van der Waals surface area contributed by atoms with Crippen molar-refractivity contribution < 1.29 is 114 Å². The van der Waals surface area contributed by atoms with E-state index in [4.69, 9.17) is 56.8 Å². The van der Waals surface area contributed by atoms with Gasteiger partial charge < -0.3 is 56.8 Å². The highest BCUT2D eigenvalue weighted by molar-refractivity contribution is 6.08. The zero-order chi connectivity index (χ0) is 74.0. The molecule has 0 N–H and O–H groups in total. The van der Waals surface area contributed by atoms with Crippen LogP contribution in [0.25, 0.3) is 33.4 Å². The third-order valence-corrected chi connectivity index (χ3v) is 20.8. The summed E-state index contributed by atoms with van der Waals surface area (Å²) in [5.41, 5.74) is -5.19. The van der Waals surface area contributed by atoms with Gasteiger partial charge in [0.1, 0.15) is 0 Å². The van der Waals surface area contributed by atoms with Crippen LogP contribution in [-0.4, -0.2) is 151 Å². The Labute approximate surface area is 592 Å². The lowest BCUT2D eigenvalue weighted by atomic mass is 9.79. The van der Waals surface area contributed by atoms with Crippen molar-refractivity contribution in [2.24, 2.45) is 32.5 Å². The maximum absolute atomic E-state index is 14.8. The fourth-order valence-electron chi connectivity index (χ4n) is 16.5. The Hall–Kier alpha value is -9.48. The number of fused-ring (bicyclic) bond motifs is 6. The number of benzene rings is 4. The first-order valence-corrected chi connectivity index (χ1v) is 35.5. The van der Waals surface area contributed by atoms with Crippen LogP contribution in [0.3, 0.4) is 0 Å². The Bertz CT molecular complexity index is 3370. The van der Waals surface area contributed by atoms with E-state index in [1.54, 1.807) is 119 Å². The lowest BCUT2D eigenvalue weighted by Gasteiger charge is -2.26. The van der Waals surface area contributed by atoms with E-state index < -0.39 is 104 Å². The molecule has 4 aromatic rings. The highest BCUT2D eigenvalue weighted by Gasteiger charge is 2.62. The van der Waals surface area contributed by atoms with Gasteiger partial charge >= 0.3 is 71.6 Å². The Balaban J connectivity index is 1.42. The van der Waals surface area contributed by atoms with Gasteiger partial charge in [-0.25, -0.2) is 0 Å². The first kappa shape index (κ1) is 75.2. The van der Waals surface area contributed by atoms with Crippen LogP contribution in [0, 0.1) is 32.5 Å². The van der Waals surface area contributed by atoms with Crippen LogP contribution >= 0.6 is 0 Å². The molecule has 24 heteroatoms. The van der Waals surface area contributed by atoms with Gasteiger partial charge in [0.2, 0.25) is 0 Å². The molecule has 0 aliphatic heterocycles. The van der Waals surface area contributed by atoms with Crippen molar-refractivity contribution in [2.45, 2.75) is 160 Å². The molecule has 0 saturated heterocycles.